The molecule has 1 N–H and O–H groups in total. The first-order chi connectivity index (χ1) is 9.24. The predicted molar refractivity (Wildman–Crippen MR) is 80.7 cm³/mol. The molecule has 0 bridgehead atoms. The minimum absolute atomic E-state index is 1.13. The molecule has 0 aliphatic carbocycles. The van der Waals surface area contributed by atoms with Gasteiger partial charge in [-0.05, 0) is 30.5 Å². The molecular weight excluding hydrogens is 234 g/mol. The molecule has 1 aromatic heterocycles. The van der Waals surface area contributed by atoms with Gasteiger partial charge < -0.3 is 14.8 Å². The summed E-state index contributed by atoms with van der Waals surface area (Å²) in [5.41, 5.74) is 4.17. The molecule has 0 spiro atoms. The second-order valence-electron chi connectivity index (χ2n) is 5.63. The summed E-state index contributed by atoms with van der Waals surface area (Å²) in [5.74, 6) is 0. The van der Waals surface area contributed by atoms with Crippen molar-refractivity contribution in [2.45, 2.75) is 13.3 Å². The van der Waals surface area contributed by atoms with Gasteiger partial charge in [-0.15, -0.1) is 0 Å². The Kier molecular flexibility index (Phi) is 3.58. The molecule has 0 atom stereocenters. The van der Waals surface area contributed by atoms with Gasteiger partial charge in [0.2, 0.25) is 0 Å². The molecule has 102 valence electrons. The Morgan fingerprint density at radius 3 is 2.79 bits per heavy atom. The summed E-state index contributed by atoms with van der Waals surface area (Å²) in [6, 6.07) is 6.78. The molecular formula is C16H23N3. The highest BCUT2D eigenvalue weighted by molar-refractivity contribution is 5.84. The smallest absolute Gasteiger partial charge is 0.0483 e. The lowest BCUT2D eigenvalue weighted by Crippen LogP contribution is -2.44. The van der Waals surface area contributed by atoms with Gasteiger partial charge in [0.25, 0.3) is 0 Å². The van der Waals surface area contributed by atoms with Crippen LogP contribution in [0.15, 0.2) is 24.4 Å². The number of rotatable bonds is 3. The zero-order valence-corrected chi connectivity index (χ0v) is 11.9. The van der Waals surface area contributed by atoms with E-state index in [4.69, 9.17) is 0 Å². The first-order valence-electron chi connectivity index (χ1n) is 7.22. The van der Waals surface area contributed by atoms with E-state index in [0.717, 1.165) is 19.5 Å². The molecule has 3 nitrogen and oxygen atoms in total. The monoisotopic (exact) mass is 257 g/mol. The second kappa shape index (κ2) is 5.35. The predicted octanol–water partition coefficient (Wildman–Crippen LogP) is 1.93. The Morgan fingerprint density at radius 1 is 1.21 bits per heavy atom. The van der Waals surface area contributed by atoms with Gasteiger partial charge >= 0.3 is 0 Å². The number of fused-ring (bicyclic) bond motifs is 1. The average Bonchev–Trinajstić information content (AvgIpc) is 2.74. The molecule has 1 aliphatic heterocycles. The molecule has 1 saturated heterocycles. The van der Waals surface area contributed by atoms with Gasteiger partial charge in [-0.25, -0.2) is 0 Å². The summed E-state index contributed by atoms with van der Waals surface area (Å²) >= 11 is 0. The second-order valence-corrected chi connectivity index (χ2v) is 5.63. The summed E-state index contributed by atoms with van der Waals surface area (Å²) in [6.07, 6.45) is 3.45. The van der Waals surface area contributed by atoms with Crippen LogP contribution in [-0.2, 0) is 13.5 Å². The van der Waals surface area contributed by atoms with E-state index in [2.05, 4.69) is 53.2 Å². The van der Waals surface area contributed by atoms with Gasteiger partial charge in [-0.2, -0.15) is 0 Å². The van der Waals surface area contributed by atoms with Crippen LogP contribution < -0.4 is 5.32 Å². The molecule has 0 radical (unpaired) electrons. The van der Waals surface area contributed by atoms with Crippen LogP contribution >= 0.6 is 0 Å². The van der Waals surface area contributed by atoms with E-state index in [1.54, 1.807) is 0 Å². The van der Waals surface area contributed by atoms with Crippen molar-refractivity contribution in [2.24, 2.45) is 7.05 Å². The molecule has 0 saturated carbocycles. The Morgan fingerprint density at radius 2 is 2.00 bits per heavy atom. The summed E-state index contributed by atoms with van der Waals surface area (Å²) in [4.78, 5) is 2.56. The third kappa shape index (κ3) is 2.67. The lowest BCUT2D eigenvalue weighted by atomic mass is 10.1. The van der Waals surface area contributed by atoms with Crippen LogP contribution in [0.3, 0.4) is 0 Å². The summed E-state index contributed by atoms with van der Waals surface area (Å²) < 4.78 is 2.26. The van der Waals surface area contributed by atoms with Crippen molar-refractivity contribution >= 4 is 10.9 Å². The van der Waals surface area contributed by atoms with E-state index < -0.39 is 0 Å². The van der Waals surface area contributed by atoms with Crippen molar-refractivity contribution in [3.8, 4) is 0 Å². The number of nitrogens with zero attached hydrogens (tertiary/aromatic N) is 2. The van der Waals surface area contributed by atoms with E-state index >= 15 is 0 Å². The minimum atomic E-state index is 1.13. The van der Waals surface area contributed by atoms with E-state index in [-0.39, 0.29) is 0 Å². The Bertz CT molecular complexity index is 565. The molecule has 19 heavy (non-hydrogen) atoms. The van der Waals surface area contributed by atoms with Crippen LogP contribution in [0.2, 0.25) is 0 Å². The van der Waals surface area contributed by atoms with Gasteiger partial charge in [-0.3, -0.25) is 0 Å². The summed E-state index contributed by atoms with van der Waals surface area (Å²) in [7, 11) is 2.15. The quantitative estimate of drug-likeness (QED) is 0.907. The van der Waals surface area contributed by atoms with Crippen LogP contribution in [-0.4, -0.2) is 42.2 Å². The number of hydrogen-bond donors (Lipinski definition) is 1. The van der Waals surface area contributed by atoms with Gasteiger partial charge in [0.05, 0.1) is 0 Å². The maximum atomic E-state index is 3.41. The van der Waals surface area contributed by atoms with Crippen molar-refractivity contribution in [1.29, 1.82) is 0 Å². The van der Waals surface area contributed by atoms with Crippen LogP contribution in [0.1, 0.15) is 11.1 Å². The number of piperazine rings is 1. The van der Waals surface area contributed by atoms with E-state index in [1.165, 1.54) is 41.7 Å². The number of nitrogens with one attached hydrogen (secondary N) is 1. The summed E-state index contributed by atoms with van der Waals surface area (Å²) in [5, 5.41) is 4.83. The minimum Gasteiger partial charge on any atom is -0.350 e. The van der Waals surface area contributed by atoms with Crippen molar-refractivity contribution in [3.63, 3.8) is 0 Å². The fourth-order valence-corrected chi connectivity index (χ4v) is 2.99. The maximum Gasteiger partial charge on any atom is 0.0483 e. The molecule has 1 aliphatic rings. The van der Waals surface area contributed by atoms with Crippen LogP contribution in [0, 0.1) is 6.92 Å². The number of aryl methyl sites for hydroxylation is 2. The third-order valence-corrected chi connectivity index (χ3v) is 4.14. The first kappa shape index (κ1) is 12.7. The molecule has 3 rings (SSSR count). The molecule has 0 unspecified atom stereocenters. The zero-order chi connectivity index (χ0) is 13.2. The first-order valence-corrected chi connectivity index (χ1v) is 7.22. The zero-order valence-electron chi connectivity index (χ0n) is 11.9. The van der Waals surface area contributed by atoms with Crippen LogP contribution in [0.5, 0.6) is 0 Å². The van der Waals surface area contributed by atoms with Crippen molar-refractivity contribution in [3.05, 3.63) is 35.5 Å². The van der Waals surface area contributed by atoms with Crippen LogP contribution in [0.4, 0.5) is 0 Å². The largest absolute Gasteiger partial charge is 0.350 e. The maximum absolute atomic E-state index is 3.41. The highest BCUT2D eigenvalue weighted by Crippen LogP contribution is 2.22. The Labute approximate surface area is 115 Å². The topological polar surface area (TPSA) is 20.2 Å². The molecule has 3 heteroatoms. The highest BCUT2D eigenvalue weighted by Gasteiger charge is 2.11. The van der Waals surface area contributed by atoms with Crippen molar-refractivity contribution < 1.29 is 0 Å². The molecule has 2 aromatic rings. The normalized spacial score (nSPS) is 17.2. The highest BCUT2D eigenvalue weighted by atomic mass is 15.2. The summed E-state index contributed by atoms with van der Waals surface area (Å²) in [6.45, 7) is 7.97. The average molecular weight is 257 g/mol. The van der Waals surface area contributed by atoms with E-state index in [1.807, 2.05) is 0 Å². The van der Waals surface area contributed by atoms with E-state index in [0.29, 0.717) is 0 Å². The SMILES string of the molecule is Cc1ccc2c(CCN3CCNCC3)cn(C)c2c1. The standard InChI is InChI=1S/C16H23N3/c1-13-3-4-15-14(12-18(2)16(15)11-13)5-8-19-9-6-17-7-10-19/h3-4,11-12,17H,5-10H2,1-2H3. The van der Waals surface area contributed by atoms with Crippen LogP contribution in [0.25, 0.3) is 10.9 Å². The molecule has 2 heterocycles. The van der Waals surface area contributed by atoms with Gasteiger partial charge in [0.15, 0.2) is 0 Å². The number of aromatic nitrogens is 1. The fourth-order valence-electron chi connectivity index (χ4n) is 2.99. The van der Waals surface area contributed by atoms with Gasteiger partial charge in [0.1, 0.15) is 0 Å². The van der Waals surface area contributed by atoms with E-state index in [9.17, 15) is 0 Å². The Balaban J connectivity index is 1.77. The molecule has 0 amide bonds. The molecule has 1 fully saturated rings. The van der Waals surface area contributed by atoms with Gasteiger partial charge in [-0.1, -0.05) is 12.1 Å². The Hall–Kier alpha value is -1.32. The molecule has 1 aromatic carbocycles. The lowest BCUT2D eigenvalue weighted by molar-refractivity contribution is 0.244. The number of hydrogen-bond acceptors (Lipinski definition) is 2. The lowest BCUT2D eigenvalue weighted by Gasteiger charge is -2.26. The van der Waals surface area contributed by atoms with Crippen molar-refractivity contribution in [2.75, 3.05) is 32.7 Å². The third-order valence-electron chi connectivity index (χ3n) is 4.14. The fraction of sp³-hybridized carbons (Fsp3) is 0.500. The number of benzene rings is 1. The van der Waals surface area contributed by atoms with Gasteiger partial charge in [0, 0.05) is 56.9 Å². The van der Waals surface area contributed by atoms with Crippen molar-refractivity contribution in [1.82, 2.24) is 14.8 Å².